The van der Waals surface area contributed by atoms with Crippen molar-refractivity contribution in [1.29, 1.82) is 0 Å². The molecule has 0 unspecified atom stereocenters. The van der Waals surface area contributed by atoms with Crippen molar-refractivity contribution in [2.24, 2.45) is 23.2 Å². The molecule has 2 aliphatic rings. The molecule has 0 radical (unpaired) electrons. The van der Waals surface area contributed by atoms with E-state index in [1.54, 1.807) is 12.1 Å². The number of hydrogen-bond donors (Lipinski definition) is 2. The van der Waals surface area contributed by atoms with E-state index < -0.39 is 5.60 Å². The van der Waals surface area contributed by atoms with Crippen LogP contribution in [0.15, 0.2) is 24.3 Å². The van der Waals surface area contributed by atoms with Crippen LogP contribution in [-0.2, 0) is 5.60 Å². The first kappa shape index (κ1) is 14.9. The van der Waals surface area contributed by atoms with Crippen LogP contribution in [0.2, 0.25) is 0 Å². The van der Waals surface area contributed by atoms with Gasteiger partial charge in [0.05, 0.1) is 5.60 Å². The predicted molar refractivity (Wildman–Crippen MR) is 84.0 cm³/mol. The Balaban J connectivity index is 2.01. The second kappa shape index (κ2) is 4.72. The van der Waals surface area contributed by atoms with Gasteiger partial charge < -0.3 is 15.1 Å². The molecule has 1 aromatic carbocycles. The fourth-order valence-corrected chi connectivity index (χ4v) is 4.64. The van der Waals surface area contributed by atoms with Gasteiger partial charge in [-0.2, -0.15) is 0 Å². The molecular weight excluding hydrogens is 262 g/mol. The molecular formula is C18H27NO2. The second-order valence-corrected chi connectivity index (χ2v) is 7.98. The van der Waals surface area contributed by atoms with Gasteiger partial charge in [0.2, 0.25) is 0 Å². The summed E-state index contributed by atoms with van der Waals surface area (Å²) in [6.07, 6.45) is 2.13. The van der Waals surface area contributed by atoms with Gasteiger partial charge in [0.15, 0.2) is 0 Å². The maximum absolute atomic E-state index is 11.6. The molecule has 0 saturated heterocycles. The Morgan fingerprint density at radius 1 is 1.24 bits per heavy atom. The number of aromatic hydroxyl groups is 1. The summed E-state index contributed by atoms with van der Waals surface area (Å²) in [5.41, 5.74) is 0.384. The highest BCUT2D eigenvalue weighted by atomic mass is 16.3. The van der Waals surface area contributed by atoms with Crippen molar-refractivity contribution in [2.45, 2.75) is 32.3 Å². The molecule has 0 bridgehead atoms. The van der Waals surface area contributed by atoms with Crippen LogP contribution in [0.3, 0.4) is 0 Å². The number of nitrogens with zero attached hydrogens (tertiary/aromatic N) is 1. The predicted octanol–water partition coefficient (Wildman–Crippen LogP) is 2.82. The van der Waals surface area contributed by atoms with Gasteiger partial charge in [0.25, 0.3) is 0 Å². The van der Waals surface area contributed by atoms with E-state index in [4.69, 9.17) is 0 Å². The molecule has 0 aromatic heterocycles. The normalized spacial score (nSPS) is 37.3. The fraction of sp³-hybridized carbons (Fsp3) is 0.667. The Labute approximate surface area is 127 Å². The summed E-state index contributed by atoms with van der Waals surface area (Å²) in [6.45, 7) is 5.55. The van der Waals surface area contributed by atoms with Gasteiger partial charge in [-0.15, -0.1) is 0 Å². The number of fused-ring (bicyclic) bond motifs is 1. The minimum absolute atomic E-state index is 0.202. The lowest BCUT2D eigenvalue weighted by Gasteiger charge is -2.47. The molecule has 2 aliphatic carbocycles. The minimum atomic E-state index is -0.802. The van der Waals surface area contributed by atoms with E-state index in [1.165, 1.54) is 0 Å². The summed E-state index contributed by atoms with van der Waals surface area (Å²) < 4.78 is 0. The Bertz CT molecular complexity index is 540. The first-order valence-corrected chi connectivity index (χ1v) is 7.92. The number of hydrogen-bond acceptors (Lipinski definition) is 3. The molecule has 21 heavy (non-hydrogen) atoms. The topological polar surface area (TPSA) is 43.7 Å². The standard InChI is InChI=1S/C18H27NO2/c1-17(2)10-13(11-19(3)4)18(21,16-9-15(16)17)12-6-5-7-14(20)8-12/h5-8,13,15-16,20-21H,9-11H2,1-4H3/t13-,15-,16+,18+/m1/s1. The molecule has 0 amide bonds. The smallest absolute Gasteiger partial charge is 0.115 e. The van der Waals surface area contributed by atoms with Crippen LogP contribution in [0.4, 0.5) is 0 Å². The van der Waals surface area contributed by atoms with E-state index in [0.717, 1.165) is 24.9 Å². The third kappa shape index (κ3) is 2.36. The Morgan fingerprint density at radius 3 is 2.57 bits per heavy atom. The van der Waals surface area contributed by atoms with Gasteiger partial charge in [-0.25, -0.2) is 0 Å². The molecule has 3 heteroatoms. The molecule has 116 valence electrons. The van der Waals surface area contributed by atoms with Crippen LogP contribution in [0.5, 0.6) is 5.75 Å². The SMILES string of the molecule is CN(C)C[C@H]1CC(C)(C)[C@@H]2C[C@@H]2[C@]1(O)c1cccc(O)c1. The highest BCUT2D eigenvalue weighted by Gasteiger charge is 2.65. The molecule has 2 N–H and O–H groups in total. The van der Waals surface area contributed by atoms with Gasteiger partial charge in [-0.05, 0) is 61.9 Å². The van der Waals surface area contributed by atoms with Crippen LogP contribution < -0.4 is 0 Å². The minimum Gasteiger partial charge on any atom is -0.508 e. The lowest BCUT2D eigenvalue weighted by molar-refractivity contribution is -0.101. The van der Waals surface area contributed by atoms with Crippen molar-refractivity contribution in [3.63, 3.8) is 0 Å². The molecule has 2 saturated carbocycles. The summed E-state index contributed by atoms with van der Waals surface area (Å²) in [7, 11) is 4.13. The summed E-state index contributed by atoms with van der Waals surface area (Å²) in [5, 5.41) is 21.4. The summed E-state index contributed by atoms with van der Waals surface area (Å²) >= 11 is 0. The Kier molecular flexibility index (Phi) is 3.34. The van der Waals surface area contributed by atoms with Crippen LogP contribution in [0, 0.1) is 23.2 Å². The van der Waals surface area contributed by atoms with Crippen molar-refractivity contribution in [2.75, 3.05) is 20.6 Å². The van der Waals surface area contributed by atoms with Crippen molar-refractivity contribution in [3.8, 4) is 5.75 Å². The van der Waals surface area contributed by atoms with Crippen molar-refractivity contribution in [1.82, 2.24) is 4.90 Å². The second-order valence-electron chi connectivity index (χ2n) is 7.98. The lowest BCUT2D eigenvalue weighted by atomic mass is 9.62. The zero-order valence-electron chi connectivity index (χ0n) is 13.5. The maximum Gasteiger partial charge on any atom is 0.115 e. The van der Waals surface area contributed by atoms with Crippen LogP contribution in [-0.4, -0.2) is 35.8 Å². The number of rotatable bonds is 3. The number of benzene rings is 1. The van der Waals surface area contributed by atoms with Crippen LogP contribution in [0.1, 0.15) is 32.3 Å². The Hall–Kier alpha value is -1.06. The first-order chi connectivity index (χ1) is 9.75. The van der Waals surface area contributed by atoms with Crippen LogP contribution in [0.25, 0.3) is 0 Å². The third-order valence-corrected chi connectivity index (χ3v) is 5.65. The van der Waals surface area contributed by atoms with Gasteiger partial charge in [0, 0.05) is 12.5 Å². The fourth-order valence-electron chi connectivity index (χ4n) is 4.64. The molecule has 0 heterocycles. The van der Waals surface area contributed by atoms with E-state index in [0.29, 0.717) is 17.3 Å². The average molecular weight is 289 g/mol. The number of phenolic OH excluding ortho intramolecular Hbond substituents is 1. The lowest BCUT2D eigenvalue weighted by Crippen LogP contribution is -2.49. The molecule has 0 aliphatic heterocycles. The Morgan fingerprint density at radius 2 is 1.95 bits per heavy atom. The molecule has 2 fully saturated rings. The first-order valence-electron chi connectivity index (χ1n) is 7.92. The zero-order valence-corrected chi connectivity index (χ0v) is 13.5. The zero-order chi connectivity index (χ0) is 15.4. The summed E-state index contributed by atoms with van der Waals surface area (Å²) in [4.78, 5) is 2.16. The van der Waals surface area contributed by atoms with E-state index in [1.807, 2.05) is 12.1 Å². The largest absolute Gasteiger partial charge is 0.508 e. The molecule has 4 atom stereocenters. The van der Waals surface area contributed by atoms with E-state index >= 15 is 0 Å². The highest BCUT2D eigenvalue weighted by Crippen LogP contribution is 2.67. The quantitative estimate of drug-likeness (QED) is 0.899. The number of phenols is 1. The average Bonchev–Trinajstić information content (AvgIpc) is 3.16. The summed E-state index contributed by atoms with van der Waals surface area (Å²) in [5.74, 6) is 1.37. The molecule has 3 nitrogen and oxygen atoms in total. The number of aliphatic hydroxyl groups is 1. The highest BCUT2D eigenvalue weighted by molar-refractivity contribution is 5.35. The maximum atomic E-state index is 11.6. The van der Waals surface area contributed by atoms with Crippen molar-refractivity contribution >= 4 is 0 Å². The van der Waals surface area contributed by atoms with Crippen LogP contribution >= 0.6 is 0 Å². The third-order valence-electron chi connectivity index (χ3n) is 5.65. The monoisotopic (exact) mass is 289 g/mol. The molecule has 0 spiro atoms. The van der Waals surface area contributed by atoms with E-state index in [2.05, 4.69) is 32.8 Å². The summed E-state index contributed by atoms with van der Waals surface area (Å²) in [6, 6.07) is 7.23. The van der Waals surface area contributed by atoms with Gasteiger partial charge >= 0.3 is 0 Å². The molecule has 1 aromatic rings. The van der Waals surface area contributed by atoms with Gasteiger partial charge in [0.1, 0.15) is 5.75 Å². The molecule has 3 rings (SSSR count). The van der Waals surface area contributed by atoms with E-state index in [-0.39, 0.29) is 11.7 Å². The van der Waals surface area contributed by atoms with Gasteiger partial charge in [-0.3, -0.25) is 0 Å². The van der Waals surface area contributed by atoms with Crippen molar-refractivity contribution < 1.29 is 10.2 Å². The van der Waals surface area contributed by atoms with Crippen molar-refractivity contribution in [3.05, 3.63) is 29.8 Å². The van der Waals surface area contributed by atoms with Gasteiger partial charge in [-0.1, -0.05) is 26.0 Å². The van der Waals surface area contributed by atoms with E-state index in [9.17, 15) is 10.2 Å².